The molecule has 2 rings (SSSR count). The largest absolute Gasteiger partial charge is 1.00 e. The summed E-state index contributed by atoms with van der Waals surface area (Å²) in [5.41, 5.74) is 6.36. The topological polar surface area (TPSA) is 0 Å². The zero-order chi connectivity index (χ0) is 13.4. The van der Waals surface area contributed by atoms with Crippen LogP contribution >= 0.6 is 0 Å². The van der Waals surface area contributed by atoms with Crippen molar-refractivity contribution in [2.24, 2.45) is 0 Å². The van der Waals surface area contributed by atoms with Gasteiger partial charge in [-0.25, -0.2) is 0 Å². The zero-order valence-corrected chi connectivity index (χ0v) is 17.4. The van der Waals surface area contributed by atoms with E-state index in [1.165, 1.54) is 12.8 Å². The summed E-state index contributed by atoms with van der Waals surface area (Å²) in [7, 11) is 0. The molecule has 4 heteroatoms. The van der Waals surface area contributed by atoms with Gasteiger partial charge in [0.25, 0.3) is 0 Å². The van der Waals surface area contributed by atoms with Gasteiger partial charge in [0, 0.05) is 0 Å². The Hall–Kier alpha value is 0.471. The van der Waals surface area contributed by atoms with Crippen molar-refractivity contribution in [2.45, 2.75) is 53.6 Å². The van der Waals surface area contributed by atoms with E-state index in [1.54, 1.807) is 22.3 Å². The van der Waals surface area contributed by atoms with Gasteiger partial charge in [-0.3, -0.25) is 0 Å². The van der Waals surface area contributed by atoms with Crippen molar-refractivity contribution in [3.63, 3.8) is 0 Å². The molecule has 0 amide bonds. The molecule has 0 spiro atoms. The molecule has 0 aliphatic heterocycles. The van der Waals surface area contributed by atoms with Crippen LogP contribution in [0.2, 0.25) is 13.1 Å². The molecule has 0 bridgehead atoms. The molecule has 2 aliphatic carbocycles. The molecule has 0 N–H and O–H groups in total. The van der Waals surface area contributed by atoms with Gasteiger partial charge in [-0.2, -0.15) is 0 Å². The van der Waals surface area contributed by atoms with Crippen LogP contribution in [-0.4, -0.2) is 6.19 Å². The first-order chi connectivity index (χ1) is 8.43. The fourth-order valence-electron chi connectivity index (χ4n) is 2.96. The zero-order valence-electron chi connectivity index (χ0n) is 13.3. The monoisotopic (exact) mass is 362 g/mol. The first kappa shape index (κ1) is 20.5. The van der Waals surface area contributed by atoms with E-state index in [0.29, 0.717) is 0 Å². The number of halogens is 2. The Morgan fingerprint density at radius 1 is 0.800 bits per heavy atom. The minimum absolute atomic E-state index is 0. The predicted octanol–water partition coefficient (Wildman–Crippen LogP) is -0.888. The van der Waals surface area contributed by atoms with Crippen LogP contribution in [0.1, 0.15) is 40.5 Å². The van der Waals surface area contributed by atoms with Crippen molar-refractivity contribution in [1.29, 1.82) is 0 Å². The molecule has 0 aromatic rings. The molecule has 2 aliphatic rings. The van der Waals surface area contributed by atoms with Crippen LogP contribution in [0.25, 0.3) is 0 Å². The van der Waals surface area contributed by atoms with E-state index >= 15 is 0 Å². The molecule has 0 saturated heterocycles. The second-order valence-electron chi connectivity index (χ2n) is 5.76. The molecule has 0 radical (unpaired) electrons. The van der Waals surface area contributed by atoms with E-state index in [0.717, 1.165) is 0 Å². The van der Waals surface area contributed by atoms with Gasteiger partial charge in [0.1, 0.15) is 0 Å². The third-order valence-corrected chi connectivity index (χ3v) is 16.3. The smallest absolute Gasteiger partial charge is 1.00 e. The van der Waals surface area contributed by atoms with Crippen molar-refractivity contribution in [1.82, 2.24) is 0 Å². The van der Waals surface area contributed by atoms with Crippen LogP contribution in [0.15, 0.2) is 42.2 Å². The fraction of sp³-hybridized carbons (Fsp3) is 0.500. The molecule has 20 heavy (non-hydrogen) atoms. The normalized spacial score (nSPS) is 17.1. The van der Waals surface area contributed by atoms with Gasteiger partial charge < -0.3 is 24.8 Å². The molecule has 0 unspecified atom stereocenters. The summed E-state index contributed by atoms with van der Waals surface area (Å²) in [5.74, 6) is 0. The first-order valence-electron chi connectivity index (χ1n) is 6.85. The number of hydrogen-bond acceptors (Lipinski definition) is 0. The van der Waals surface area contributed by atoms with Crippen molar-refractivity contribution in [2.75, 3.05) is 0 Å². The van der Waals surface area contributed by atoms with Gasteiger partial charge in [0.2, 0.25) is 0 Å². The Kier molecular flexibility index (Phi) is 8.39. The minimum Gasteiger partial charge on any atom is -1.00 e. The van der Waals surface area contributed by atoms with Gasteiger partial charge in [0.15, 0.2) is 0 Å². The van der Waals surface area contributed by atoms with Crippen molar-refractivity contribution >= 4 is 6.19 Å². The van der Waals surface area contributed by atoms with Gasteiger partial charge in [-0.05, 0) is 0 Å². The molecule has 110 valence electrons. The molecule has 0 fully saturated rings. The Labute approximate surface area is 143 Å². The van der Waals surface area contributed by atoms with Gasteiger partial charge in [0.05, 0.1) is 0 Å². The second kappa shape index (κ2) is 8.20. The molecule has 0 atom stereocenters. The molecular formula is C16H24Cl2SiTi. The van der Waals surface area contributed by atoms with Gasteiger partial charge in [-0.1, -0.05) is 0 Å². The van der Waals surface area contributed by atoms with Crippen LogP contribution in [0.4, 0.5) is 0 Å². The van der Waals surface area contributed by atoms with Crippen LogP contribution in [0.5, 0.6) is 0 Å². The van der Waals surface area contributed by atoms with Crippen LogP contribution in [0.3, 0.4) is 0 Å². The third-order valence-electron chi connectivity index (χ3n) is 4.42. The Bertz CT molecular complexity index is 515. The minimum atomic E-state index is -1.17. The number of allylic oxidation sites excluding steroid dienone is 8. The third kappa shape index (κ3) is 3.81. The van der Waals surface area contributed by atoms with Crippen LogP contribution < -0.4 is 24.8 Å². The Morgan fingerprint density at radius 3 is 1.35 bits per heavy atom. The molecule has 0 nitrogen and oxygen atoms in total. The van der Waals surface area contributed by atoms with Crippen molar-refractivity contribution in [3.8, 4) is 0 Å². The Morgan fingerprint density at radius 2 is 1.15 bits per heavy atom. The van der Waals surface area contributed by atoms with Crippen LogP contribution in [0, 0.1) is 0 Å². The summed E-state index contributed by atoms with van der Waals surface area (Å²) < 4.78 is 3.76. The van der Waals surface area contributed by atoms with Crippen LogP contribution in [-0.2, 0) is 16.6 Å². The summed E-state index contributed by atoms with van der Waals surface area (Å²) >= 11 is -1.17. The van der Waals surface area contributed by atoms with E-state index < -0.39 is 16.6 Å². The molecule has 0 heterocycles. The summed E-state index contributed by atoms with van der Waals surface area (Å²) in [5, 5.41) is 0. The fourth-order valence-corrected chi connectivity index (χ4v) is 15.5. The maximum absolute atomic E-state index is 2.54. The number of hydrogen-bond donors (Lipinski definition) is 0. The summed E-state index contributed by atoms with van der Waals surface area (Å²) in [6.07, 6.45) is 7.26. The Balaban J connectivity index is 0.00000180. The second-order valence-corrected chi connectivity index (χ2v) is 17.6. The van der Waals surface area contributed by atoms with Gasteiger partial charge in [-0.15, -0.1) is 0 Å². The van der Waals surface area contributed by atoms with E-state index in [9.17, 15) is 0 Å². The maximum atomic E-state index is 2.54. The van der Waals surface area contributed by atoms with Crippen molar-refractivity contribution < 1.29 is 41.4 Å². The van der Waals surface area contributed by atoms with Gasteiger partial charge >= 0.3 is 119 Å². The molecule has 0 aromatic heterocycles. The maximum Gasteiger partial charge on any atom is -1.00 e. The SMILES string of the molecule is CC1=CC[C]([Ti+2]([C]2=C(C)C(C)=CC2)=[Si](C)C)=C1C.[Cl-].[Cl-]. The average Bonchev–Trinajstić information content (AvgIpc) is 2.79. The summed E-state index contributed by atoms with van der Waals surface area (Å²) in [4.78, 5) is 0. The first-order valence-corrected chi connectivity index (χ1v) is 13.3. The molecule has 0 saturated carbocycles. The molecule has 0 aromatic carbocycles. The van der Waals surface area contributed by atoms with E-state index in [1.807, 2.05) is 7.76 Å². The molecular weight excluding hydrogens is 339 g/mol. The summed E-state index contributed by atoms with van der Waals surface area (Å²) in [6, 6.07) is 0. The summed E-state index contributed by atoms with van der Waals surface area (Å²) in [6.45, 7) is 14.4. The average molecular weight is 363 g/mol. The van der Waals surface area contributed by atoms with E-state index in [-0.39, 0.29) is 31.0 Å². The number of rotatable bonds is 2. The quantitative estimate of drug-likeness (QED) is 0.559. The van der Waals surface area contributed by atoms with E-state index in [4.69, 9.17) is 0 Å². The standard InChI is InChI=1S/2C7H9.C2H6Si.2ClH.Ti/c2*1-6-4-3-5-7(6)2;1-3-2;;;/h2*4H,3H2,1-2H3;1-2H3;2*1H;/q;;;;;+2/p-2. The van der Waals surface area contributed by atoms with Crippen molar-refractivity contribution in [3.05, 3.63) is 42.2 Å². The predicted molar refractivity (Wildman–Crippen MR) is 79.6 cm³/mol. The van der Waals surface area contributed by atoms with E-state index in [2.05, 4.69) is 52.9 Å².